The Hall–Kier alpha value is -3.13. The molecule has 0 saturated carbocycles. The molecule has 1 atom stereocenters. The van der Waals surface area contributed by atoms with E-state index < -0.39 is 6.04 Å². The van der Waals surface area contributed by atoms with Crippen LogP contribution in [-0.4, -0.2) is 24.8 Å². The number of Topliss-reactive ketones (excluding diaryl/α,β-unsaturated/α-hetero) is 1. The van der Waals surface area contributed by atoms with E-state index in [2.05, 4.69) is 6.07 Å². The number of nitriles is 1. The van der Waals surface area contributed by atoms with Crippen molar-refractivity contribution < 1.29 is 14.3 Å². The highest BCUT2D eigenvalue weighted by molar-refractivity contribution is 6.14. The van der Waals surface area contributed by atoms with Gasteiger partial charge in [0.25, 0.3) is 5.91 Å². The number of para-hydroxylation sites is 1. The first-order valence-electron chi connectivity index (χ1n) is 7.15. The number of nitrogens with zero attached hydrogens (tertiary/aromatic N) is 2. The Labute approximate surface area is 133 Å². The van der Waals surface area contributed by atoms with Crippen molar-refractivity contribution in [1.82, 2.24) is 0 Å². The lowest BCUT2D eigenvalue weighted by Gasteiger charge is -2.32. The number of rotatable bonds is 2. The number of benzene rings is 2. The van der Waals surface area contributed by atoms with Crippen LogP contribution in [-0.2, 0) is 0 Å². The van der Waals surface area contributed by atoms with Crippen LogP contribution in [0.4, 0.5) is 5.69 Å². The normalized spacial score (nSPS) is 16.4. The number of anilines is 1. The predicted molar refractivity (Wildman–Crippen MR) is 84.6 cm³/mol. The Morgan fingerprint density at radius 1 is 1.22 bits per heavy atom. The number of hydrogen-bond donors (Lipinski definition) is 0. The fourth-order valence-electron chi connectivity index (χ4n) is 2.69. The van der Waals surface area contributed by atoms with Crippen molar-refractivity contribution in [1.29, 1.82) is 5.26 Å². The number of ketones is 1. The van der Waals surface area contributed by atoms with Gasteiger partial charge in [0.05, 0.1) is 18.9 Å². The minimum Gasteiger partial charge on any atom is -0.497 e. The first-order chi connectivity index (χ1) is 11.2. The maximum atomic E-state index is 12.9. The van der Waals surface area contributed by atoms with Crippen LogP contribution < -0.4 is 9.64 Å². The quantitative estimate of drug-likeness (QED) is 0.855. The molecule has 0 fully saturated rings. The average molecular weight is 306 g/mol. The van der Waals surface area contributed by atoms with Crippen molar-refractivity contribution in [2.75, 3.05) is 12.0 Å². The van der Waals surface area contributed by atoms with Crippen molar-refractivity contribution in [3.05, 3.63) is 59.7 Å². The van der Waals surface area contributed by atoms with E-state index >= 15 is 0 Å². The van der Waals surface area contributed by atoms with Gasteiger partial charge in [-0.15, -0.1) is 0 Å². The monoisotopic (exact) mass is 306 g/mol. The molecule has 23 heavy (non-hydrogen) atoms. The summed E-state index contributed by atoms with van der Waals surface area (Å²) in [5.41, 5.74) is 1.40. The lowest BCUT2D eigenvalue weighted by Crippen LogP contribution is -2.44. The van der Waals surface area contributed by atoms with Crippen molar-refractivity contribution in [2.45, 2.75) is 12.5 Å². The number of carbonyl (C=O) groups excluding carboxylic acids is 2. The molecule has 2 aromatic carbocycles. The largest absolute Gasteiger partial charge is 0.497 e. The van der Waals surface area contributed by atoms with Crippen molar-refractivity contribution >= 4 is 17.4 Å². The van der Waals surface area contributed by atoms with E-state index in [1.807, 2.05) is 0 Å². The summed E-state index contributed by atoms with van der Waals surface area (Å²) in [4.78, 5) is 26.4. The van der Waals surface area contributed by atoms with Crippen LogP contribution in [0, 0.1) is 11.3 Å². The minimum atomic E-state index is -0.799. The number of carbonyl (C=O) groups is 2. The minimum absolute atomic E-state index is 0.00933. The molecule has 5 nitrogen and oxygen atoms in total. The predicted octanol–water partition coefficient (Wildman–Crippen LogP) is 2.82. The first-order valence-corrected chi connectivity index (χ1v) is 7.15. The molecular weight excluding hydrogens is 292 g/mol. The maximum absolute atomic E-state index is 12.9. The molecule has 0 spiro atoms. The highest BCUT2D eigenvalue weighted by Crippen LogP contribution is 2.32. The van der Waals surface area contributed by atoms with E-state index in [1.165, 1.54) is 4.90 Å². The number of amides is 1. The molecular formula is C18H14N2O3. The molecule has 5 heteroatoms. The van der Waals surface area contributed by atoms with Gasteiger partial charge in [-0.25, -0.2) is 0 Å². The molecule has 0 aliphatic carbocycles. The van der Waals surface area contributed by atoms with Gasteiger partial charge in [-0.2, -0.15) is 5.26 Å². The Balaban J connectivity index is 2.05. The Morgan fingerprint density at radius 3 is 2.57 bits per heavy atom. The van der Waals surface area contributed by atoms with Gasteiger partial charge in [-0.1, -0.05) is 12.1 Å². The second-order valence-electron chi connectivity index (χ2n) is 5.19. The maximum Gasteiger partial charge on any atom is 0.259 e. The molecule has 114 valence electrons. The smallest absolute Gasteiger partial charge is 0.259 e. The van der Waals surface area contributed by atoms with Gasteiger partial charge in [0.1, 0.15) is 11.8 Å². The molecule has 1 aliphatic heterocycles. The van der Waals surface area contributed by atoms with Crippen LogP contribution in [0.1, 0.15) is 27.1 Å². The molecule has 1 unspecified atom stereocenters. The van der Waals surface area contributed by atoms with Gasteiger partial charge >= 0.3 is 0 Å². The number of ether oxygens (including phenoxy) is 1. The van der Waals surface area contributed by atoms with E-state index in [-0.39, 0.29) is 18.1 Å². The fraction of sp³-hybridized carbons (Fsp3) is 0.167. The van der Waals surface area contributed by atoms with Gasteiger partial charge in [-0.05, 0) is 36.4 Å². The van der Waals surface area contributed by atoms with Crippen molar-refractivity contribution in [3.8, 4) is 11.8 Å². The third-order valence-electron chi connectivity index (χ3n) is 3.86. The van der Waals surface area contributed by atoms with E-state index in [1.54, 1.807) is 55.6 Å². The Kier molecular flexibility index (Phi) is 3.82. The molecule has 0 aromatic heterocycles. The van der Waals surface area contributed by atoms with E-state index in [9.17, 15) is 14.9 Å². The zero-order chi connectivity index (χ0) is 16.4. The molecule has 3 rings (SSSR count). The average Bonchev–Trinajstić information content (AvgIpc) is 2.61. The highest BCUT2D eigenvalue weighted by atomic mass is 16.5. The third-order valence-corrected chi connectivity index (χ3v) is 3.86. The molecule has 0 bridgehead atoms. The summed E-state index contributed by atoms with van der Waals surface area (Å²) in [7, 11) is 1.55. The summed E-state index contributed by atoms with van der Waals surface area (Å²) >= 11 is 0. The van der Waals surface area contributed by atoms with Crippen LogP contribution in [0.25, 0.3) is 0 Å². The van der Waals surface area contributed by atoms with Gasteiger partial charge in [0.2, 0.25) is 0 Å². The highest BCUT2D eigenvalue weighted by Gasteiger charge is 2.35. The Bertz CT molecular complexity index is 806. The molecule has 1 aliphatic rings. The summed E-state index contributed by atoms with van der Waals surface area (Å²) in [6.07, 6.45) is 0.00933. The lowest BCUT2D eigenvalue weighted by molar-refractivity contribution is 0.0943. The van der Waals surface area contributed by atoms with Crippen LogP contribution in [0.3, 0.4) is 0 Å². The summed E-state index contributed by atoms with van der Waals surface area (Å²) in [5, 5.41) is 9.37. The van der Waals surface area contributed by atoms with Crippen LogP contribution in [0.15, 0.2) is 48.5 Å². The van der Waals surface area contributed by atoms with Gasteiger partial charge in [0.15, 0.2) is 5.78 Å². The van der Waals surface area contributed by atoms with Crippen LogP contribution in [0.2, 0.25) is 0 Å². The van der Waals surface area contributed by atoms with Crippen LogP contribution >= 0.6 is 0 Å². The molecule has 0 saturated heterocycles. The van der Waals surface area contributed by atoms with Gasteiger partial charge in [-0.3, -0.25) is 14.5 Å². The summed E-state index contributed by atoms with van der Waals surface area (Å²) in [6.45, 7) is 0. The number of fused-ring (bicyclic) bond motifs is 1. The second kappa shape index (κ2) is 5.93. The standard InChI is InChI=1S/C18H14N2O3/c1-23-14-8-6-12(7-9-14)18(22)20-13(11-19)10-17(21)15-4-2-3-5-16(15)20/h2-9,13H,10H2,1H3. The Morgan fingerprint density at radius 2 is 1.91 bits per heavy atom. The SMILES string of the molecule is COc1ccc(C(=O)N2c3ccccc3C(=O)CC2C#N)cc1. The molecule has 1 heterocycles. The van der Waals surface area contributed by atoms with E-state index in [0.29, 0.717) is 22.6 Å². The van der Waals surface area contributed by atoms with Crippen molar-refractivity contribution in [3.63, 3.8) is 0 Å². The topological polar surface area (TPSA) is 70.4 Å². The fourth-order valence-corrected chi connectivity index (χ4v) is 2.69. The zero-order valence-corrected chi connectivity index (χ0v) is 12.5. The summed E-state index contributed by atoms with van der Waals surface area (Å²) < 4.78 is 5.09. The summed E-state index contributed by atoms with van der Waals surface area (Å²) in [5.74, 6) is 0.220. The first kappa shape index (κ1) is 14.8. The van der Waals surface area contributed by atoms with Gasteiger partial charge < -0.3 is 4.74 Å². The lowest BCUT2D eigenvalue weighted by atomic mass is 9.94. The molecule has 0 N–H and O–H groups in total. The zero-order valence-electron chi connectivity index (χ0n) is 12.5. The van der Waals surface area contributed by atoms with Crippen molar-refractivity contribution in [2.24, 2.45) is 0 Å². The van der Waals surface area contributed by atoms with Crippen LogP contribution in [0.5, 0.6) is 5.75 Å². The third kappa shape index (κ3) is 2.55. The number of methoxy groups -OCH3 is 1. The molecule has 2 aromatic rings. The number of hydrogen-bond acceptors (Lipinski definition) is 4. The van der Waals surface area contributed by atoms with E-state index in [0.717, 1.165) is 0 Å². The summed E-state index contributed by atoms with van der Waals surface area (Å²) in [6, 6.07) is 14.8. The van der Waals surface area contributed by atoms with Gasteiger partial charge in [0, 0.05) is 17.5 Å². The second-order valence-corrected chi connectivity index (χ2v) is 5.19. The molecule has 0 radical (unpaired) electrons. The molecule has 1 amide bonds. The van der Waals surface area contributed by atoms with E-state index in [4.69, 9.17) is 4.74 Å².